The first-order valence-electron chi connectivity index (χ1n) is 13.6. The molecule has 3 aromatic rings. The van der Waals surface area contributed by atoms with Crippen molar-refractivity contribution in [1.82, 2.24) is 9.38 Å². The van der Waals surface area contributed by atoms with E-state index in [1.54, 1.807) is 12.3 Å². The van der Waals surface area contributed by atoms with Crippen molar-refractivity contribution >= 4 is 46.4 Å². The van der Waals surface area contributed by atoms with Gasteiger partial charge in [0.15, 0.2) is 0 Å². The normalized spacial score (nSPS) is 19.9. The summed E-state index contributed by atoms with van der Waals surface area (Å²) in [6, 6.07) is 9.39. The van der Waals surface area contributed by atoms with Crippen molar-refractivity contribution in [1.29, 1.82) is 0 Å². The van der Waals surface area contributed by atoms with Gasteiger partial charge in [0, 0.05) is 80.7 Å². The smallest absolute Gasteiger partial charge is 0.257 e. The third-order valence-electron chi connectivity index (χ3n) is 8.31. The Hall–Kier alpha value is -3.05. The molecule has 1 amide bonds. The Bertz CT molecular complexity index is 1340. The standard InChI is InChI=1S/C28H34F2N6O2S/c29-28(30)7-12-35(13-8-28)25-19-21(18-24-31-9-14-36(24)25)32-26(38)22-2-1-20(33-39-16-15-37)17-23(22)34-10-5-27(3-4-27)6-11-34/h1-2,9,14,17-19,33,37H,3-8,10-13,15-16H2,(H,32,38). The molecule has 39 heavy (non-hydrogen) atoms. The molecule has 2 aromatic heterocycles. The predicted molar refractivity (Wildman–Crippen MR) is 152 cm³/mol. The van der Waals surface area contributed by atoms with Gasteiger partial charge in [-0.25, -0.2) is 13.8 Å². The maximum Gasteiger partial charge on any atom is 0.257 e. The molecule has 4 heterocycles. The molecule has 3 aliphatic rings. The van der Waals surface area contributed by atoms with Crippen molar-refractivity contribution < 1.29 is 18.7 Å². The van der Waals surface area contributed by atoms with Crippen molar-refractivity contribution in [2.24, 2.45) is 5.41 Å². The first-order valence-corrected chi connectivity index (χ1v) is 14.6. The number of pyridine rings is 1. The highest BCUT2D eigenvalue weighted by Gasteiger charge is 2.44. The number of hydrogen-bond donors (Lipinski definition) is 3. The number of benzene rings is 1. The van der Waals surface area contributed by atoms with E-state index in [0.29, 0.717) is 28.1 Å². The van der Waals surface area contributed by atoms with E-state index in [4.69, 9.17) is 5.11 Å². The second-order valence-corrected chi connectivity index (χ2v) is 11.8. The summed E-state index contributed by atoms with van der Waals surface area (Å²) in [7, 11) is 0. The molecule has 1 aliphatic carbocycles. The van der Waals surface area contributed by atoms with Crippen molar-refractivity contribution in [3.05, 3.63) is 48.3 Å². The average molecular weight is 557 g/mol. The van der Waals surface area contributed by atoms with Crippen molar-refractivity contribution in [2.45, 2.75) is 44.4 Å². The number of rotatable bonds is 8. The molecule has 0 unspecified atom stereocenters. The van der Waals surface area contributed by atoms with Gasteiger partial charge in [0.2, 0.25) is 0 Å². The van der Waals surface area contributed by atoms with Gasteiger partial charge in [-0.05, 0) is 49.3 Å². The SMILES string of the molecule is O=C(Nc1cc(N2CCC(F)(F)CC2)n2ccnc2c1)c1ccc(NSCCO)cc1N1CCC2(CC1)CC2. The minimum Gasteiger partial charge on any atom is -0.395 e. The van der Waals surface area contributed by atoms with Crippen LogP contribution in [-0.2, 0) is 0 Å². The molecule has 1 aromatic carbocycles. The Balaban J connectivity index is 1.26. The average Bonchev–Trinajstić information content (AvgIpc) is 3.50. The molecule has 3 N–H and O–H groups in total. The molecule has 3 fully saturated rings. The van der Waals surface area contributed by atoms with Crippen molar-refractivity contribution in [2.75, 3.05) is 58.4 Å². The highest BCUT2D eigenvalue weighted by atomic mass is 32.2. The Morgan fingerprint density at radius 1 is 0.974 bits per heavy atom. The Labute approximate surface area is 230 Å². The number of fused-ring (bicyclic) bond motifs is 1. The maximum absolute atomic E-state index is 13.8. The molecule has 2 saturated heterocycles. The largest absolute Gasteiger partial charge is 0.395 e. The molecule has 208 valence electrons. The van der Waals surface area contributed by atoms with Crippen molar-refractivity contribution in [3.63, 3.8) is 0 Å². The molecule has 11 heteroatoms. The minimum absolute atomic E-state index is 0.0853. The van der Waals surface area contributed by atoms with Crippen molar-refractivity contribution in [3.8, 4) is 0 Å². The number of alkyl halides is 2. The van der Waals surface area contributed by atoms with Crippen LogP contribution in [-0.4, -0.2) is 64.9 Å². The topological polar surface area (TPSA) is 85.1 Å². The van der Waals surface area contributed by atoms with Crippen LogP contribution in [0, 0.1) is 5.41 Å². The van der Waals surface area contributed by atoms with Gasteiger partial charge in [-0.1, -0.05) is 11.9 Å². The second kappa shape index (κ2) is 10.5. The molecule has 1 spiro atoms. The van der Waals surface area contributed by atoms with Gasteiger partial charge < -0.3 is 24.9 Å². The summed E-state index contributed by atoms with van der Waals surface area (Å²) in [5.41, 5.74) is 4.09. The number of aromatic nitrogens is 2. The van der Waals surface area contributed by atoms with E-state index in [0.717, 1.165) is 43.1 Å². The highest BCUT2D eigenvalue weighted by molar-refractivity contribution is 8.00. The number of amides is 1. The fourth-order valence-corrected chi connectivity index (χ4v) is 6.20. The van der Waals surface area contributed by atoms with Crippen LogP contribution in [0.3, 0.4) is 0 Å². The fourth-order valence-electron chi connectivity index (χ4n) is 5.71. The van der Waals surface area contributed by atoms with Crippen LogP contribution >= 0.6 is 11.9 Å². The predicted octanol–water partition coefficient (Wildman–Crippen LogP) is 5.25. The Morgan fingerprint density at radius 3 is 2.44 bits per heavy atom. The van der Waals surface area contributed by atoms with Gasteiger partial charge >= 0.3 is 0 Å². The molecule has 2 aliphatic heterocycles. The lowest BCUT2D eigenvalue weighted by Gasteiger charge is -2.35. The van der Waals surface area contributed by atoms with Crippen LogP contribution in [0.15, 0.2) is 42.7 Å². The third-order valence-corrected chi connectivity index (χ3v) is 9.08. The summed E-state index contributed by atoms with van der Waals surface area (Å²) in [4.78, 5) is 22.3. The molecule has 6 rings (SSSR count). The summed E-state index contributed by atoms with van der Waals surface area (Å²) in [5, 5.41) is 12.2. The van der Waals surface area contributed by atoms with Gasteiger partial charge in [-0.15, -0.1) is 0 Å². The first-order chi connectivity index (χ1) is 18.8. The van der Waals surface area contributed by atoms with Crippen LogP contribution < -0.4 is 19.8 Å². The van der Waals surface area contributed by atoms with Crippen LogP contribution in [0.25, 0.3) is 5.65 Å². The number of aliphatic hydroxyl groups excluding tert-OH is 1. The maximum atomic E-state index is 13.8. The number of imidazole rings is 1. The zero-order chi connectivity index (χ0) is 27.0. The molecule has 8 nitrogen and oxygen atoms in total. The summed E-state index contributed by atoms with van der Waals surface area (Å²) in [6.07, 6.45) is 7.98. The summed E-state index contributed by atoms with van der Waals surface area (Å²) < 4.78 is 32.8. The van der Waals surface area contributed by atoms with E-state index in [-0.39, 0.29) is 38.4 Å². The lowest BCUT2D eigenvalue weighted by atomic mass is 9.93. The monoisotopic (exact) mass is 556 g/mol. The van der Waals surface area contributed by atoms with Crippen LogP contribution in [0.5, 0.6) is 0 Å². The number of piperidine rings is 2. The van der Waals surface area contributed by atoms with Gasteiger partial charge in [0.1, 0.15) is 11.5 Å². The van der Waals surface area contributed by atoms with Gasteiger partial charge in [-0.2, -0.15) is 0 Å². The van der Waals surface area contributed by atoms with Crippen LogP contribution in [0.1, 0.15) is 48.9 Å². The van der Waals surface area contributed by atoms with Gasteiger partial charge in [0.05, 0.1) is 17.9 Å². The molecular weight excluding hydrogens is 522 g/mol. The molecule has 1 saturated carbocycles. The van der Waals surface area contributed by atoms with E-state index in [1.165, 1.54) is 24.8 Å². The second-order valence-electron chi connectivity index (χ2n) is 10.9. The lowest BCUT2D eigenvalue weighted by molar-refractivity contribution is -0.0221. The molecule has 0 atom stereocenters. The molecule has 0 bridgehead atoms. The van der Waals surface area contributed by atoms with Crippen LogP contribution in [0.4, 0.5) is 31.7 Å². The quantitative estimate of drug-likeness (QED) is 0.258. The zero-order valence-corrected chi connectivity index (χ0v) is 22.7. The number of anilines is 4. The minimum atomic E-state index is -2.64. The number of carbonyl (C=O) groups excluding carboxylic acids is 1. The number of aliphatic hydroxyl groups is 1. The Morgan fingerprint density at radius 2 is 1.72 bits per heavy atom. The number of hydrogen-bond acceptors (Lipinski definition) is 7. The zero-order valence-electron chi connectivity index (χ0n) is 21.8. The van der Waals surface area contributed by atoms with E-state index >= 15 is 0 Å². The highest BCUT2D eigenvalue weighted by Crippen LogP contribution is 2.54. The van der Waals surface area contributed by atoms with Gasteiger partial charge in [-0.3, -0.25) is 9.20 Å². The number of nitrogens with one attached hydrogen (secondary N) is 2. The van der Waals surface area contributed by atoms with Crippen LogP contribution in [0.2, 0.25) is 0 Å². The lowest BCUT2D eigenvalue weighted by Crippen LogP contribution is -2.40. The first kappa shape index (κ1) is 26.2. The number of carbonyl (C=O) groups is 1. The Kier molecular flexibility index (Phi) is 7.05. The van der Waals surface area contributed by atoms with Gasteiger partial charge in [0.25, 0.3) is 11.8 Å². The fraction of sp³-hybridized carbons (Fsp3) is 0.500. The molecular formula is C28H34F2N6O2S. The third kappa shape index (κ3) is 5.65. The number of nitrogens with zero attached hydrogens (tertiary/aromatic N) is 4. The number of halogens is 2. The van der Waals surface area contributed by atoms with E-state index in [9.17, 15) is 13.6 Å². The summed E-state index contributed by atoms with van der Waals surface area (Å²) in [5.74, 6) is -1.56. The molecule has 0 radical (unpaired) electrons. The van der Waals surface area contributed by atoms with E-state index < -0.39 is 5.92 Å². The summed E-state index contributed by atoms with van der Waals surface area (Å²) in [6.45, 7) is 2.39. The summed E-state index contributed by atoms with van der Waals surface area (Å²) >= 11 is 1.43. The van der Waals surface area contributed by atoms with E-state index in [2.05, 4.69) is 19.9 Å². The van der Waals surface area contributed by atoms with E-state index in [1.807, 2.05) is 39.8 Å².